The lowest BCUT2D eigenvalue weighted by Gasteiger charge is -2.24. The summed E-state index contributed by atoms with van der Waals surface area (Å²) < 4.78 is 0. The number of anilines is 1. The van der Waals surface area contributed by atoms with E-state index in [-0.39, 0.29) is 0 Å². The van der Waals surface area contributed by atoms with Crippen molar-refractivity contribution in [2.75, 3.05) is 17.3 Å². The van der Waals surface area contributed by atoms with Crippen LogP contribution in [0, 0.1) is 6.92 Å². The quantitative estimate of drug-likeness (QED) is 0.726. The maximum absolute atomic E-state index is 5.91. The molecule has 0 aliphatic heterocycles. The van der Waals surface area contributed by atoms with E-state index in [2.05, 4.69) is 60.4 Å². The third-order valence-corrected chi connectivity index (χ3v) is 3.11. The first-order valence-electron chi connectivity index (χ1n) is 6.21. The predicted molar refractivity (Wildman–Crippen MR) is 79.4 cm³/mol. The van der Waals surface area contributed by atoms with Gasteiger partial charge in [0.05, 0.1) is 0 Å². The summed E-state index contributed by atoms with van der Waals surface area (Å²) in [7, 11) is 0. The molecule has 2 heteroatoms. The van der Waals surface area contributed by atoms with Crippen LogP contribution in [0.5, 0.6) is 0 Å². The standard InChI is InChI=1S/C16H18ClN/c1-14-6-5-9-16(12-14)18(11-10-17)13-15-7-3-2-4-8-15/h2-9,12H,10-11,13H2,1H3. The third-order valence-electron chi connectivity index (χ3n) is 2.94. The fourth-order valence-electron chi connectivity index (χ4n) is 2.03. The van der Waals surface area contributed by atoms with Crippen molar-refractivity contribution in [3.63, 3.8) is 0 Å². The molecule has 0 spiro atoms. The van der Waals surface area contributed by atoms with Gasteiger partial charge in [0.25, 0.3) is 0 Å². The molecule has 0 heterocycles. The SMILES string of the molecule is Cc1cccc(N(CCCl)Cc2ccccc2)c1. The summed E-state index contributed by atoms with van der Waals surface area (Å²) >= 11 is 5.91. The molecule has 2 aromatic carbocycles. The van der Waals surface area contributed by atoms with Gasteiger partial charge < -0.3 is 4.90 Å². The molecule has 94 valence electrons. The minimum atomic E-state index is 0.640. The number of hydrogen-bond donors (Lipinski definition) is 0. The molecule has 0 radical (unpaired) electrons. The van der Waals surface area contributed by atoms with Gasteiger partial charge in [0, 0.05) is 24.7 Å². The van der Waals surface area contributed by atoms with E-state index >= 15 is 0 Å². The van der Waals surface area contributed by atoms with Crippen molar-refractivity contribution in [1.29, 1.82) is 0 Å². The molecule has 0 aromatic heterocycles. The minimum Gasteiger partial charge on any atom is -0.366 e. The molecule has 1 nitrogen and oxygen atoms in total. The molecule has 0 saturated carbocycles. The van der Waals surface area contributed by atoms with Crippen LogP contribution in [0.15, 0.2) is 54.6 Å². The Labute approximate surface area is 114 Å². The number of benzene rings is 2. The van der Waals surface area contributed by atoms with Crippen molar-refractivity contribution in [3.05, 3.63) is 65.7 Å². The van der Waals surface area contributed by atoms with E-state index in [0.29, 0.717) is 5.88 Å². The Morgan fingerprint density at radius 2 is 1.78 bits per heavy atom. The molecule has 2 rings (SSSR count). The van der Waals surface area contributed by atoms with Gasteiger partial charge in [0.1, 0.15) is 0 Å². The largest absolute Gasteiger partial charge is 0.366 e. The summed E-state index contributed by atoms with van der Waals surface area (Å²) in [6, 6.07) is 19.0. The number of halogens is 1. The van der Waals surface area contributed by atoms with Crippen molar-refractivity contribution in [3.8, 4) is 0 Å². The Morgan fingerprint density at radius 1 is 1.00 bits per heavy atom. The Bertz CT molecular complexity index is 481. The Balaban J connectivity index is 2.18. The van der Waals surface area contributed by atoms with Gasteiger partial charge in [-0.2, -0.15) is 0 Å². The lowest BCUT2D eigenvalue weighted by molar-refractivity contribution is 0.835. The highest BCUT2D eigenvalue weighted by atomic mass is 35.5. The van der Waals surface area contributed by atoms with Crippen molar-refractivity contribution in [1.82, 2.24) is 0 Å². The molecule has 0 atom stereocenters. The highest BCUT2D eigenvalue weighted by molar-refractivity contribution is 6.18. The summed E-state index contributed by atoms with van der Waals surface area (Å²) in [6.45, 7) is 3.88. The summed E-state index contributed by atoms with van der Waals surface area (Å²) in [6.07, 6.45) is 0. The van der Waals surface area contributed by atoms with Gasteiger partial charge in [-0.25, -0.2) is 0 Å². The van der Waals surface area contributed by atoms with E-state index < -0.39 is 0 Å². The summed E-state index contributed by atoms with van der Waals surface area (Å²) in [5.41, 5.74) is 3.82. The minimum absolute atomic E-state index is 0.640. The van der Waals surface area contributed by atoms with Gasteiger partial charge in [-0.3, -0.25) is 0 Å². The monoisotopic (exact) mass is 259 g/mol. The van der Waals surface area contributed by atoms with Crippen molar-refractivity contribution < 1.29 is 0 Å². The summed E-state index contributed by atoms with van der Waals surface area (Å²) in [5, 5.41) is 0. The molecule has 0 aliphatic rings. The number of rotatable bonds is 5. The summed E-state index contributed by atoms with van der Waals surface area (Å²) in [4.78, 5) is 2.31. The lowest BCUT2D eigenvalue weighted by atomic mass is 10.1. The highest BCUT2D eigenvalue weighted by Crippen LogP contribution is 2.18. The van der Waals surface area contributed by atoms with Crippen molar-refractivity contribution >= 4 is 17.3 Å². The Morgan fingerprint density at radius 3 is 2.44 bits per heavy atom. The van der Waals surface area contributed by atoms with Crippen LogP contribution in [-0.2, 0) is 6.54 Å². The zero-order chi connectivity index (χ0) is 12.8. The highest BCUT2D eigenvalue weighted by Gasteiger charge is 2.06. The number of alkyl halides is 1. The number of nitrogens with zero attached hydrogens (tertiary/aromatic N) is 1. The normalized spacial score (nSPS) is 10.3. The second-order valence-corrected chi connectivity index (χ2v) is 4.81. The maximum Gasteiger partial charge on any atom is 0.0429 e. The fourth-order valence-corrected chi connectivity index (χ4v) is 2.23. The predicted octanol–water partition coefficient (Wildman–Crippen LogP) is 4.24. The molecule has 0 fully saturated rings. The first kappa shape index (κ1) is 13.0. The van der Waals surface area contributed by atoms with Crippen LogP contribution < -0.4 is 4.90 Å². The average molecular weight is 260 g/mol. The fraction of sp³-hybridized carbons (Fsp3) is 0.250. The van der Waals surface area contributed by atoms with E-state index in [9.17, 15) is 0 Å². The van der Waals surface area contributed by atoms with Crippen molar-refractivity contribution in [2.24, 2.45) is 0 Å². The maximum atomic E-state index is 5.91. The molecule has 18 heavy (non-hydrogen) atoms. The number of aryl methyl sites for hydroxylation is 1. The first-order valence-corrected chi connectivity index (χ1v) is 6.74. The smallest absolute Gasteiger partial charge is 0.0429 e. The van der Waals surface area contributed by atoms with Crippen LogP contribution >= 0.6 is 11.6 Å². The number of hydrogen-bond acceptors (Lipinski definition) is 1. The molecule has 0 unspecified atom stereocenters. The van der Waals surface area contributed by atoms with E-state index in [1.165, 1.54) is 16.8 Å². The van der Waals surface area contributed by atoms with Crippen LogP contribution in [-0.4, -0.2) is 12.4 Å². The van der Waals surface area contributed by atoms with Crippen LogP contribution in [0.2, 0.25) is 0 Å². The summed E-state index contributed by atoms with van der Waals surface area (Å²) in [5.74, 6) is 0.640. The van der Waals surface area contributed by atoms with Crippen LogP contribution in [0.25, 0.3) is 0 Å². The molecular formula is C16H18ClN. The molecular weight excluding hydrogens is 242 g/mol. The van der Waals surface area contributed by atoms with Gasteiger partial charge in [-0.1, -0.05) is 42.5 Å². The van der Waals surface area contributed by atoms with E-state index in [4.69, 9.17) is 11.6 Å². The topological polar surface area (TPSA) is 3.24 Å². The molecule has 0 aliphatic carbocycles. The molecule has 0 saturated heterocycles. The zero-order valence-corrected chi connectivity index (χ0v) is 11.4. The molecule has 0 N–H and O–H groups in total. The zero-order valence-electron chi connectivity index (χ0n) is 10.6. The molecule has 2 aromatic rings. The van der Waals surface area contributed by atoms with Gasteiger partial charge in [0.15, 0.2) is 0 Å². The van der Waals surface area contributed by atoms with Crippen LogP contribution in [0.4, 0.5) is 5.69 Å². The first-order chi connectivity index (χ1) is 8.79. The molecule has 0 amide bonds. The van der Waals surface area contributed by atoms with Crippen molar-refractivity contribution in [2.45, 2.75) is 13.5 Å². The van der Waals surface area contributed by atoms with E-state index in [1.807, 2.05) is 6.07 Å². The van der Waals surface area contributed by atoms with Crippen LogP contribution in [0.3, 0.4) is 0 Å². The molecule has 0 bridgehead atoms. The van der Waals surface area contributed by atoms with E-state index in [1.54, 1.807) is 0 Å². The third kappa shape index (κ3) is 3.51. The van der Waals surface area contributed by atoms with E-state index in [0.717, 1.165) is 13.1 Å². The average Bonchev–Trinajstić information content (AvgIpc) is 2.39. The second-order valence-electron chi connectivity index (χ2n) is 4.44. The van der Waals surface area contributed by atoms with Gasteiger partial charge in [0.2, 0.25) is 0 Å². The Kier molecular flexibility index (Phi) is 4.66. The van der Waals surface area contributed by atoms with Gasteiger partial charge in [-0.15, -0.1) is 11.6 Å². The lowest BCUT2D eigenvalue weighted by Crippen LogP contribution is -2.24. The Hall–Kier alpha value is -1.47. The van der Waals surface area contributed by atoms with Crippen LogP contribution in [0.1, 0.15) is 11.1 Å². The van der Waals surface area contributed by atoms with Gasteiger partial charge >= 0.3 is 0 Å². The van der Waals surface area contributed by atoms with Gasteiger partial charge in [-0.05, 0) is 30.2 Å². The second kappa shape index (κ2) is 6.46.